The average Bonchev–Trinajstić information content (AvgIpc) is 1.66. The van der Waals surface area contributed by atoms with Crippen LogP contribution in [0.5, 0.6) is 0 Å². The maximum atomic E-state index is 2.95. The molecular weight excluding hydrogens is 103 g/mol. The van der Waals surface area contributed by atoms with Gasteiger partial charge < -0.3 is 6.08 Å². The van der Waals surface area contributed by atoms with Crippen LogP contribution in [0.2, 0.25) is 0 Å². The first-order valence-corrected chi connectivity index (χ1v) is 2.89. The predicted molar refractivity (Wildman–Crippen MR) is 37.5 cm³/mol. The molecule has 0 aromatic heterocycles. The maximum Gasteiger partial charge on any atom is 1.00 e. The standard InChI is InChI=1S/C8H13.Li/c1-4-5-6-7-8(2)3;/h5,7H,6H2,1-3H3;/q-1;+1. The van der Waals surface area contributed by atoms with E-state index in [2.05, 4.69) is 26.0 Å². The van der Waals surface area contributed by atoms with Crippen molar-refractivity contribution in [3.05, 3.63) is 23.8 Å². The molecule has 0 heterocycles. The first-order chi connectivity index (χ1) is 3.77. The fourth-order valence-electron chi connectivity index (χ4n) is 0.412. The molecule has 0 atom stereocenters. The summed E-state index contributed by atoms with van der Waals surface area (Å²) in [4.78, 5) is 0. The predicted octanol–water partition coefficient (Wildman–Crippen LogP) is -0.274. The summed E-state index contributed by atoms with van der Waals surface area (Å²) in [6.45, 7) is 6.12. The fraction of sp³-hybridized carbons (Fsp3) is 0.500. The molecule has 0 nitrogen and oxygen atoms in total. The third-order valence-electron chi connectivity index (χ3n) is 0.848. The first kappa shape index (κ1) is 11.8. The Morgan fingerprint density at radius 2 is 2.00 bits per heavy atom. The van der Waals surface area contributed by atoms with Crippen LogP contribution < -0.4 is 18.9 Å². The second-order valence-corrected chi connectivity index (χ2v) is 2.01. The van der Waals surface area contributed by atoms with Crippen molar-refractivity contribution in [1.82, 2.24) is 0 Å². The summed E-state index contributed by atoms with van der Waals surface area (Å²) in [5.41, 5.74) is 1.37. The molecule has 0 spiro atoms. The van der Waals surface area contributed by atoms with E-state index in [1.54, 1.807) is 0 Å². The van der Waals surface area contributed by atoms with Crippen LogP contribution in [0.4, 0.5) is 0 Å². The van der Waals surface area contributed by atoms with Crippen molar-refractivity contribution in [3.8, 4) is 0 Å². The van der Waals surface area contributed by atoms with Gasteiger partial charge in [-0.25, -0.2) is 0 Å². The van der Waals surface area contributed by atoms with Gasteiger partial charge in [0, 0.05) is 0 Å². The van der Waals surface area contributed by atoms with Gasteiger partial charge in [-0.1, -0.05) is 11.6 Å². The van der Waals surface area contributed by atoms with Crippen molar-refractivity contribution in [1.29, 1.82) is 0 Å². The van der Waals surface area contributed by atoms with Crippen LogP contribution in [-0.4, -0.2) is 0 Å². The molecular formula is C8H13Li. The van der Waals surface area contributed by atoms with Crippen molar-refractivity contribution < 1.29 is 18.9 Å². The quantitative estimate of drug-likeness (QED) is 0.264. The van der Waals surface area contributed by atoms with Gasteiger partial charge in [0.1, 0.15) is 0 Å². The molecule has 0 aliphatic carbocycles. The Labute approximate surface area is 70.2 Å². The molecule has 1 heteroatoms. The van der Waals surface area contributed by atoms with Gasteiger partial charge >= 0.3 is 18.9 Å². The van der Waals surface area contributed by atoms with Crippen molar-refractivity contribution in [2.24, 2.45) is 0 Å². The van der Waals surface area contributed by atoms with Gasteiger partial charge in [-0.05, 0) is 20.3 Å². The summed E-state index contributed by atoms with van der Waals surface area (Å²) in [6.07, 6.45) is 8.18. The first-order valence-electron chi connectivity index (χ1n) is 2.89. The third kappa shape index (κ3) is 11.6. The van der Waals surface area contributed by atoms with Gasteiger partial charge in [-0.3, -0.25) is 6.08 Å². The normalized spacial score (nSPS) is 8.78. The second-order valence-electron chi connectivity index (χ2n) is 2.01. The molecule has 0 saturated carbocycles. The molecule has 0 fully saturated rings. The van der Waals surface area contributed by atoms with E-state index in [-0.39, 0.29) is 18.9 Å². The Morgan fingerprint density at radius 1 is 1.44 bits per heavy atom. The summed E-state index contributed by atoms with van der Waals surface area (Å²) < 4.78 is 0. The summed E-state index contributed by atoms with van der Waals surface area (Å²) in [5.74, 6) is 0. The van der Waals surface area contributed by atoms with Gasteiger partial charge in [0.2, 0.25) is 0 Å². The van der Waals surface area contributed by atoms with E-state index in [0.29, 0.717) is 0 Å². The molecule has 0 saturated heterocycles. The van der Waals surface area contributed by atoms with E-state index in [0.717, 1.165) is 6.42 Å². The molecule has 0 radical (unpaired) electrons. The Morgan fingerprint density at radius 3 is 2.33 bits per heavy atom. The van der Waals surface area contributed by atoms with Crippen LogP contribution in [0, 0.1) is 6.08 Å². The number of hydrogen-bond donors (Lipinski definition) is 0. The Hall–Kier alpha value is 0.0774. The van der Waals surface area contributed by atoms with Gasteiger partial charge in [-0.2, -0.15) is 6.92 Å². The minimum atomic E-state index is 0. The minimum Gasteiger partial charge on any atom is -0.503 e. The summed E-state index contributed by atoms with van der Waals surface area (Å²) >= 11 is 0. The molecule has 0 aliphatic heterocycles. The van der Waals surface area contributed by atoms with E-state index in [1.165, 1.54) is 5.57 Å². The van der Waals surface area contributed by atoms with E-state index >= 15 is 0 Å². The topological polar surface area (TPSA) is 0 Å². The molecule has 0 bridgehead atoms. The Kier molecular flexibility index (Phi) is 10.6. The van der Waals surface area contributed by atoms with Crippen molar-refractivity contribution in [2.45, 2.75) is 27.2 Å². The van der Waals surface area contributed by atoms with E-state index in [1.807, 2.05) is 13.0 Å². The SMILES string of the molecule is C[C-]=CCC=C(C)C.[Li+]. The molecule has 0 rings (SSSR count). The monoisotopic (exact) mass is 116 g/mol. The van der Waals surface area contributed by atoms with Crippen molar-refractivity contribution in [2.75, 3.05) is 0 Å². The van der Waals surface area contributed by atoms with Gasteiger partial charge in [0.05, 0.1) is 0 Å². The minimum absolute atomic E-state index is 0. The molecule has 0 aromatic rings. The number of hydrogen-bond acceptors (Lipinski definition) is 0. The van der Waals surface area contributed by atoms with Crippen LogP contribution in [0.25, 0.3) is 0 Å². The molecule has 0 aromatic carbocycles. The zero-order valence-electron chi connectivity index (χ0n) is 6.86. The van der Waals surface area contributed by atoms with E-state index in [9.17, 15) is 0 Å². The van der Waals surface area contributed by atoms with Crippen LogP contribution in [0.3, 0.4) is 0 Å². The third-order valence-corrected chi connectivity index (χ3v) is 0.848. The maximum absolute atomic E-state index is 2.95. The van der Waals surface area contributed by atoms with Gasteiger partial charge in [-0.15, -0.1) is 0 Å². The van der Waals surface area contributed by atoms with Gasteiger partial charge in [0.15, 0.2) is 0 Å². The van der Waals surface area contributed by atoms with Crippen LogP contribution in [0.15, 0.2) is 17.7 Å². The molecule has 0 aliphatic rings. The Balaban J connectivity index is 0. The number of rotatable bonds is 2. The second kappa shape index (κ2) is 8.08. The van der Waals surface area contributed by atoms with E-state index in [4.69, 9.17) is 0 Å². The summed E-state index contributed by atoms with van der Waals surface area (Å²) in [7, 11) is 0. The number of allylic oxidation sites excluding steroid dienone is 4. The molecule has 9 heavy (non-hydrogen) atoms. The zero-order valence-corrected chi connectivity index (χ0v) is 6.86. The molecule has 0 amide bonds. The largest absolute Gasteiger partial charge is 1.00 e. The summed E-state index contributed by atoms with van der Waals surface area (Å²) in [5, 5.41) is 0. The zero-order chi connectivity index (χ0) is 6.41. The smallest absolute Gasteiger partial charge is 0.503 e. The Bertz CT molecular complexity index is 97.1. The molecule has 0 N–H and O–H groups in total. The average molecular weight is 116 g/mol. The molecule has 46 valence electrons. The van der Waals surface area contributed by atoms with Gasteiger partial charge in [0.25, 0.3) is 0 Å². The van der Waals surface area contributed by atoms with Crippen LogP contribution in [-0.2, 0) is 0 Å². The van der Waals surface area contributed by atoms with Crippen molar-refractivity contribution >= 4 is 0 Å². The summed E-state index contributed by atoms with van der Waals surface area (Å²) in [6, 6.07) is 0. The van der Waals surface area contributed by atoms with Crippen LogP contribution >= 0.6 is 0 Å². The van der Waals surface area contributed by atoms with Crippen LogP contribution in [0.1, 0.15) is 27.2 Å². The fourth-order valence-corrected chi connectivity index (χ4v) is 0.412. The molecule has 0 unspecified atom stereocenters. The van der Waals surface area contributed by atoms with Crippen molar-refractivity contribution in [3.63, 3.8) is 0 Å². The van der Waals surface area contributed by atoms with E-state index < -0.39 is 0 Å².